The molecule has 0 amide bonds. The van der Waals surface area contributed by atoms with Crippen molar-refractivity contribution in [2.24, 2.45) is 0 Å². The lowest BCUT2D eigenvalue weighted by atomic mass is 9.67. The number of rotatable bonds is 8. The molecule has 0 atom stereocenters. The van der Waals surface area contributed by atoms with E-state index in [9.17, 15) is 0 Å². The van der Waals surface area contributed by atoms with Crippen molar-refractivity contribution in [3.8, 4) is 22.3 Å². The molecule has 0 aromatic heterocycles. The van der Waals surface area contributed by atoms with Gasteiger partial charge in [0, 0.05) is 22.5 Å². The van der Waals surface area contributed by atoms with E-state index < -0.39 is 5.41 Å². The summed E-state index contributed by atoms with van der Waals surface area (Å²) >= 11 is 0. The molecular weight excluding hydrogens is 759 g/mol. The molecule has 0 fully saturated rings. The molecule has 0 bridgehead atoms. The van der Waals surface area contributed by atoms with E-state index in [0.717, 1.165) is 36.3 Å². The van der Waals surface area contributed by atoms with Crippen molar-refractivity contribution in [2.75, 3.05) is 4.90 Å². The Balaban J connectivity index is 0.00000249. The van der Waals surface area contributed by atoms with Gasteiger partial charge in [-0.3, -0.25) is 0 Å². The number of nitrogens with zero attached hydrogens (tertiary/aromatic N) is 1. The maximum atomic E-state index is 2.50. The van der Waals surface area contributed by atoms with E-state index in [-0.39, 0.29) is 5.41 Å². The monoisotopic (exact) mass is 817 g/mol. The van der Waals surface area contributed by atoms with Gasteiger partial charge in [-0.1, -0.05) is 205 Å². The van der Waals surface area contributed by atoms with E-state index in [1.165, 1.54) is 77.2 Å². The highest BCUT2D eigenvalue weighted by Gasteiger charge is 2.46. The molecule has 63 heavy (non-hydrogen) atoms. The molecule has 0 unspecified atom stereocenters. The molecule has 312 valence electrons. The van der Waals surface area contributed by atoms with Gasteiger partial charge in [-0.2, -0.15) is 0 Å². The first-order valence-corrected chi connectivity index (χ1v) is 23.1. The van der Waals surface area contributed by atoms with Crippen LogP contribution in [0.2, 0.25) is 0 Å². The third-order valence-corrected chi connectivity index (χ3v) is 13.8. The summed E-state index contributed by atoms with van der Waals surface area (Å²) in [5.41, 5.74) is 20.4. The molecule has 1 nitrogen and oxygen atoms in total. The Morgan fingerprint density at radius 2 is 1.17 bits per heavy atom. The fourth-order valence-electron chi connectivity index (χ4n) is 11.2. The SMILES string of the molecule is C/C=c1/ccc(N(c2cccc(-c3cccc4c3C(C)(C)C(CC)=C4CC)c2)c2ccc3c(c2)C(c2ccccc2)(c2ccccc2)c2ccccc2-3)c/c1=C1\C=CC=CC1.CC. The summed E-state index contributed by atoms with van der Waals surface area (Å²) in [5, 5.41) is 2.52. The second-order valence-electron chi connectivity index (χ2n) is 17.2. The Morgan fingerprint density at radius 1 is 0.556 bits per heavy atom. The van der Waals surface area contributed by atoms with Crippen LogP contribution in [0.5, 0.6) is 0 Å². The van der Waals surface area contributed by atoms with Gasteiger partial charge in [0.15, 0.2) is 0 Å². The van der Waals surface area contributed by atoms with Gasteiger partial charge in [-0.25, -0.2) is 0 Å². The summed E-state index contributed by atoms with van der Waals surface area (Å²) in [6.45, 7) is 15.7. The summed E-state index contributed by atoms with van der Waals surface area (Å²) in [6, 6.07) is 61.8. The van der Waals surface area contributed by atoms with Crippen molar-refractivity contribution < 1.29 is 0 Å². The summed E-state index contributed by atoms with van der Waals surface area (Å²) in [4.78, 5) is 2.50. The molecule has 3 aliphatic carbocycles. The summed E-state index contributed by atoms with van der Waals surface area (Å²) in [5.74, 6) is 0. The minimum absolute atomic E-state index is 0.0462. The molecule has 3 aliphatic rings. The number of anilines is 3. The molecule has 7 aromatic carbocycles. The van der Waals surface area contributed by atoms with Crippen LogP contribution in [0.15, 0.2) is 194 Å². The van der Waals surface area contributed by atoms with Crippen molar-refractivity contribution >= 4 is 34.3 Å². The van der Waals surface area contributed by atoms with Crippen LogP contribution in [0.4, 0.5) is 17.1 Å². The number of benzene rings is 7. The van der Waals surface area contributed by atoms with Gasteiger partial charge in [-0.15, -0.1) is 0 Å². The third kappa shape index (κ3) is 6.77. The highest BCUT2D eigenvalue weighted by atomic mass is 15.1. The van der Waals surface area contributed by atoms with Crippen molar-refractivity contribution in [2.45, 2.75) is 78.6 Å². The topological polar surface area (TPSA) is 3.24 Å². The average molecular weight is 818 g/mol. The van der Waals surface area contributed by atoms with Gasteiger partial charge in [0.1, 0.15) is 0 Å². The Kier molecular flexibility index (Phi) is 11.4. The standard InChI is InChI=1S/C60H53N.C2H6/c1-6-41-34-35-47(39-54(41)42-22-12-9-13-23-42)61(46-29-20-24-43(38-46)50-31-21-32-53-49(7-2)55(8-3)59(4,5)58(50)53)48-36-37-52-51-30-18-19-33-56(51)60(57(52)40-48,44-25-14-10-15-26-44)45-27-16-11-17-28-45;1-2/h6,9-22,24-40H,7-8,23H2,1-5H3;1-2H3/b41-6-,54-42-;. The van der Waals surface area contributed by atoms with E-state index in [1.54, 1.807) is 5.57 Å². The van der Waals surface area contributed by atoms with Gasteiger partial charge in [0.2, 0.25) is 0 Å². The zero-order chi connectivity index (χ0) is 43.7. The minimum atomic E-state index is -0.504. The smallest absolute Gasteiger partial charge is 0.0714 e. The van der Waals surface area contributed by atoms with Crippen molar-refractivity contribution in [1.29, 1.82) is 0 Å². The van der Waals surface area contributed by atoms with Gasteiger partial charge in [0.25, 0.3) is 0 Å². The van der Waals surface area contributed by atoms with Crippen LogP contribution in [-0.2, 0) is 10.8 Å². The predicted molar refractivity (Wildman–Crippen MR) is 271 cm³/mol. The molecule has 0 heterocycles. The average Bonchev–Trinajstić information content (AvgIpc) is 3.77. The Bertz CT molecular complexity index is 3010. The Labute approximate surface area is 375 Å². The zero-order valence-electron chi connectivity index (χ0n) is 38.0. The number of hydrogen-bond donors (Lipinski definition) is 0. The van der Waals surface area contributed by atoms with Crippen molar-refractivity contribution in [3.05, 3.63) is 237 Å². The quantitative estimate of drug-likeness (QED) is 0.148. The normalized spacial score (nSPS) is 16.3. The second-order valence-corrected chi connectivity index (χ2v) is 17.2. The van der Waals surface area contributed by atoms with Gasteiger partial charge in [0.05, 0.1) is 5.41 Å². The third-order valence-electron chi connectivity index (χ3n) is 13.8. The molecule has 0 N–H and O–H groups in total. The van der Waals surface area contributed by atoms with Crippen molar-refractivity contribution in [1.82, 2.24) is 0 Å². The van der Waals surface area contributed by atoms with Gasteiger partial charge in [-0.05, 0) is 140 Å². The molecule has 0 saturated heterocycles. The van der Waals surface area contributed by atoms with Gasteiger partial charge < -0.3 is 4.90 Å². The van der Waals surface area contributed by atoms with E-state index in [1.807, 2.05) is 13.8 Å². The predicted octanol–water partition coefficient (Wildman–Crippen LogP) is 15.5. The summed E-state index contributed by atoms with van der Waals surface area (Å²) in [6.07, 6.45) is 14.1. The number of fused-ring (bicyclic) bond motifs is 4. The van der Waals surface area contributed by atoms with Crippen LogP contribution in [0.1, 0.15) is 101 Å². The maximum Gasteiger partial charge on any atom is 0.0714 e. The lowest BCUT2D eigenvalue weighted by Crippen LogP contribution is -2.29. The lowest BCUT2D eigenvalue weighted by Gasteiger charge is -2.35. The minimum Gasteiger partial charge on any atom is -0.310 e. The highest BCUT2D eigenvalue weighted by molar-refractivity contribution is 5.91. The molecule has 0 aliphatic heterocycles. The summed E-state index contributed by atoms with van der Waals surface area (Å²) < 4.78 is 0. The van der Waals surface area contributed by atoms with Crippen LogP contribution in [-0.4, -0.2) is 0 Å². The van der Waals surface area contributed by atoms with Crippen LogP contribution >= 0.6 is 0 Å². The second kappa shape index (κ2) is 17.2. The van der Waals surface area contributed by atoms with Crippen LogP contribution < -0.4 is 15.3 Å². The molecule has 0 radical (unpaired) electrons. The first-order chi connectivity index (χ1) is 30.9. The van der Waals surface area contributed by atoms with Crippen LogP contribution in [0.3, 0.4) is 0 Å². The van der Waals surface area contributed by atoms with Crippen LogP contribution in [0, 0.1) is 0 Å². The first kappa shape index (κ1) is 41.6. The van der Waals surface area contributed by atoms with Gasteiger partial charge >= 0.3 is 0 Å². The lowest BCUT2D eigenvalue weighted by molar-refractivity contribution is 0.618. The fourth-order valence-corrected chi connectivity index (χ4v) is 11.2. The Morgan fingerprint density at radius 3 is 1.86 bits per heavy atom. The first-order valence-electron chi connectivity index (χ1n) is 23.1. The molecular formula is C62H59N. The van der Waals surface area contributed by atoms with E-state index in [2.05, 4.69) is 234 Å². The van der Waals surface area contributed by atoms with Crippen molar-refractivity contribution in [3.63, 3.8) is 0 Å². The van der Waals surface area contributed by atoms with Crippen LogP contribution in [0.25, 0.3) is 39.5 Å². The number of allylic oxidation sites excluding steroid dienone is 6. The summed E-state index contributed by atoms with van der Waals surface area (Å²) in [7, 11) is 0. The molecule has 7 aromatic rings. The van der Waals surface area contributed by atoms with E-state index in [0.29, 0.717) is 0 Å². The molecule has 0 spiro atoms. The maximum absolute atomic E-state index is 2.50. The fraction of sp³-hybridized carbons (Fsp3) is 0.194. The molecule has 0 saturated carbocycles. The molecule has 1 heteroatoms. The zero-order valence-corrected chi connectivity index (χ0v) is 38.0. The Hall–Kier alpha value is -6.70. The van der Waals surface area contributed by atoms with E-state index in [4.69, 9.17) is 0 Å². The highest BCUT2D eigenvalue weighted by Crippen LogP contribution is 2.57. The largest absolute Gasteiger partial charge is 0.310 e. The van der Waals surface area contributed by atoms with E-state index >= 15 is 0 Å². The molecule has 10 rings (SSSR count). The number of hydrogen-bond acceptors (Lipinski definition) is 1.